The number of nitrogens with zero attached hydrogens (tertiary/aromatic N) is 1. The molecule has 0 heterocycles. The molecule has 0 aliphatic rings. The maximum atomic E-state index is 12.4. The zero-order chi connectivity index (χ0) is 19.6. The number of nitrogens with two attached hydrogens (primary N) is 1. The molecule has 28 heavy (non-hydrogen) atoms. The highest BCUT2D eigenvalue weighted by atomic mass is 35.5. The van der Waals surface area contributed by atoms with E-state index in [9.17, 15) is 4.79 Å². The second kappa shape index (κ2) is 12.4. The van der Waals surface area contributed by atoms with Gasteiger partial charge in [-0.1, -0.05) is 55.3 Å². The fraction of sp³-hybridized carbons (Fsp3) is 0.435. The highest BCUT2D eigenvalue weighted by molar-refractivity contribution is 5.85. The summed E-state index contributed by atoms with van der Waals surface area (Å²) in [5.41, 5.74) is 8.82. The summed E-state index contributed by atoms with van der Waals surface area (Å²) in [5, 5.41) is 0. The standard InChI is InChI=1S/C23H32N2O2.ClH/c1-18(25(2)23(26)12-6-4-5-9-17-24)19-13-15-20(16-14-19)21-10-7-8-11-22(21)27-3;/h7-8,10-11,13-16,18H,4-6,9,12,17,24H2,1-3H3;1H. The number of hydrogen-bond donors (Lipinski definition) is 1. The van der Waals surface area contributed by atoms with Gasteiger partial charge in [0.2, 0.25) is 5.91 Å². The van der Waals surface area contributed by atoms with Gasteiger partial charge in [0, 0.05) is 19.0 Å². The molecule has 0 bridgehead atoms. The molecule has 0 radical (unpaired) electrons. The largest absolute Gasteiger partial charge is 0.496 e. The maximum absolute atomic E-state index is 12.4. The average molecular weight is 405 g/mol. The van der Waals surface area contributed by atoms with Crippen molar-refractivity contribution in [3.63, 3.8) is 0 Å². The summed E-state index contributed by atoms with van der Waals surface area (Å²) in [5.74, 6) is 1.06. The van der Waals surface area contributed by atoms with E-state index in [1.54, 1.807) is 7.11 Å². The number of para-hydroxylation sites is 1. The molecule has 5 heteroatoms. The van der Waals surface area contributed by atoms with Gasteiger partial charge in [-0.25, -0.2) is 0 Å². The van der Waals surface area contributed by atoms with Gasteiger partial charge in [0.05, 0.1) is 13.2 Å². The van der Waals surface area contributed by atoms with Crippen molar-refractivity contribution in [3.05, 3.63) is 54.1 Å². The van der Waals surface area contributed by atoms with E-state index >= 15 is 0 Å². The first-order valence-electron chi connectivity index (χ1n) is 9.77. The molecule has 2 aromatic carbocycles. The molecule has 1 amide bonds. The van der Waals surface area contributed by atoms with Crippen LogP contribution in [0.25, 0.3) is 11.1 Å². The third-order valence-electron chi connectivity index (χ3n) is 5.13. The second-order valence-corrected chi connectivity index (χ2v) is 6.96. The molecule has 0 saturated heterocycles. The Morgan fingerprint density at radius 3 is 2.32 bits per heavy atom. The van der Waals surface area contributed by atoms with Crippen LogP contribution in [0.15, 0.2) is 48.5 Å². The lowest BCUT2D eigenvalue weighted by Gasteiger charge is -2.25. The quantitative estimate of drug-likeness (QED) is 0.553. The first-order chi connectivity index (χ1) is 13.1. The lowest BCUT2D eigenvalue weighted by Crippen LogP contribution is -2.29. The third kappa shape index (κ3) is 6.54. The Balaban J connectivity index is 0.00000392. The molecule has 0 aliphatic heterocycles. The van der Waals surface area contributed by atoms with Crippen molar-refractivity contribution in [2.75, 3.05) is 20.7 Å². The molecule has 154 valence electrons. The van der Waals surface area contributed by atoms with E-state index in [-0.39, 0.29) is 24.4 Å². The molecule has 0 saturated carbocycles. The van der Waals surface area contributed by atoms with Gasteiger partial charge in [-0.2, -0.15) is 0 Å². The maximum Gasteiger partial charge on any atom is 0.222 e. The fourth-order valence-electron chi connectivity index (χ4n) is 3.21. The number of hydrogen-bond acceptors (Lipinski definition) is 3. The summed E-state index contributed by atoms with van der Waals surface area (Å²) < 4.78 is 5.45. The average Bonchev–Trinajstić information content (AvgIpc) is 2.72. The fourth-order valence-corrected chi connectivity index (χ4v) is 3.21. The highest BCUT2D eigenvalue weighted by Crippen LogP contribution is 2.31. The SMILES string of the molecule is COc1ccccc1-c1ccc(C(C)N(C)C(=O)CCCCCCN)cc1.Cl. The molecule has 1 unspecified atom stereocenters. The van der Waals surface area contributed by atoms with Crippen molar-refractivity contribution in [3.8, 4) is 16.9 Å². The lowest BCUT2D eigenvalue weighted by molar-refractivity contribution is -0.131. The van der Waals surface area contributed by atoms with Crippen LogP contribution in [0.2, 0.25) is 0 Å². The zero-order valence-electron chi connectivity index (χ0n) is 17.2. The number of carbonyl (C=O) groups excluding carboxylic acids is 1. The van der Waals surface area contributed by atoms with Crippen LogP contribution in [0.4, 0.5) is 0 Å². The van der Waals surface area contributed by atoms with Crippen molar-refractivity contribution in [1.29, 1.82) is 0 Å². The predicted molar refractivity (Wildman–Crippen MR) is 119 cm³/mol. The Morgan fingerprint density at radius 1 is 1.04 bits per heavy atom. The van der Waals surface area contributed by atoms with Gasteiger partial charge in [-0.15, -0.1) is 12.4 Å². The number of unbranched alkanes of at least 4 members (excludes halogenated alkanes) is 3. The number of rotatable bonds is 10. The minimum absolute atomic E-state index is 0. The van der Waals surface area contributed by atoms with Crippen LogP contribution in [-0.4, -0.2) is 31.5 Å². The molecular formula is C23H33ClN2O2. The summed E-state index contributed by atoms with van der Waals surface area (Å²) in [6, 6.07) is 16.4. The monoisotopic (exact) mass is 404 g/mol. The Labute approximate surface area is 175 Å². The van der Waals surface area contributed by atoms with Crippen LogP contribution in [0, 0.1) is 0 Å². The van der Waals surface area contributed by atoms with Gasteiger partial charge < -0.3 is 15.4 Å². The molecule has 4 nitrogen and oxygen atoms in total. The van der Waals surface area contributed by atoms with E-state index in [0.29, 0.717) is 6.42 Å². The zero-order valence-corrected chi connectivity index (χ0v) is 18.0. The van der Waals surface area contributed by atoms with Crippen LogP contribution in [-0.2, 0) is 4.79 Å². The van der Waals surface area contributed by atoms with Gasteiger partial charge >= 0.3 is 0 Å². The van der Waals surface area contributed by atoms with Gasteiger partial charge in [0.1, 0.15) is 5.75 Å². The number of carbonyl (C=O) groups is 1. The Morgan fingerprint density at radius 2 is 1.68 bits per heavy atom. The molecule has 0 spiro atoms. The predicted octanol–water partition coefficient (Wildman–Crippen LogP) is 5.21. The molecule has 0 aromatic heterocycles. The van der Waals surface area contributed by atoms with E-state index in [2.05, 4.69) is 37.3 Å². The van der Waals surface area contributed by atoms with Crippen molar-refractivity contribution in [2.45, 2.75) is 45.1 Å². The summed E-state index contributed by atoms with van der Waals surface area (Å²) in [6.07, 6.45) is 4.75. The van der Waals surface area contributed by atoms with Gasteiger partial charge in [-0.3, -0.25) is 4.79 Å². The minimum atomic E-state index is 0. The molecule has 1 atom stereocenters. The number of halogens is 1. The smallest absolute Gasteiger partial charge is 0.222 e. The van der Waals surface area contributed by atoms with Crippen LogP contribution in [0.1, 0.15) is 50.6 Å². The summed E-state index contributed by atoms with van der Waals surface area (Å²) >= 11 is 0. The van der Waals surface area contributed by atoms with Crippen LogP contribution in [0.3, 0.4) is 0 Å². The lowest BCUT2D eigenvalue weighted by atomic mass is 10.00. The molecule has 2 rings (SSSR count). The van der Waals surface area contributed by atoms with Gasteiger partial charge in [-0.05, 0) is 43.5 Å². The van der Waals surface area contributed by atoms with E-state index in [1.165, 1.54) is 0 Å². The van der Waals surface area contributed by atoms with E-state index in [1.807, 2.05) is 30.1 Å². The first kappa shape index (κ1) is 24.0. The van der Waals surface area contributed by atoms with Crippen molar-refractivity contribution in [1.82, 2.24) is 4.90 Å². The molecular weight excluding hydrogens is 372 g/mol. The number of ether oxygens (including phenoxy) is 1. The molecule has 2 aromatic rings. The minimum Gasteiger partial charge on any atom is -0.496 e. The second-order valence-electron chi connectivity index (χ2n) is 6.96. The summed E-state index contributed by atoms with van der Waals surface area (Å²) in [4.78, 5) is 14.3. The van der Waals surface area contributed by atoms with E-state index in [0.717, 1.165) is 54.7 Å². The number of benzene rings is 2. The highest BCUT2D eigenvalue weighted by Gasteiger charge is 2.17. The van der Waals surface area contributed by atoms with Crippen LogP contribution < -0.4 is 10.5 Å². The van der Waals surface area contributed by atoms with Crippen LogP contribution >= 0.6 is 12.4 Å². The molecule has 2 N–H and O–H groups in total. The van der Waals surface area contributed by atoms with Crippen molar-refractivity contribution in [2.24, 2.45) is 5.73 Å². The Hall–Kier alpha value is -2.04. The molecule has 0 fully saturated rings. The topological polar surface area (TPSA) is 55.6 Å². The normalized spacial score (nSPS) is 11.4. The Bertz CT molecular complexity index is 719. The third-order valence-corrected chi connectivity index (χ3v) is 5.13. The van der Waals surface area contributed by atoms with Gasteiger partial charge in [0.15, 0.2) is 0 Å². The molecule has 0 aliphatic carbocycles. The van der Waals surface area contributed by atoms with E-state index < -0.39 is 0 Å². The first-order valence-corrected chi connectivity index (χ1v) is 9.77. The van der Waals surface area contributed by atoms with Crippen LogP contribution in [0.5, 0.6) is 5.75 Å². The van der Waals surface area contributed by atoms with Crippen molar-refractivity contribution < 1.29 is 9.53 Å². The van der Waals surface area contributed by atoms with Gasteiger partial charge in [0.25, 0.3) is 0 Å². The van der Waals surface area contributed by atoms with E-state index in [4.69, 9.17) is 10.5 Å². The summed E-state index contributed by atoms with van der Waals surface area (Å²) in [7, 11) is 3.58. The van der Waals surface area contributed by atoms with Crippen molar-refractivity contribution >= 4 is 18.3 Å². The number of amides is 1. The Kier molecular flexibility index (Phi) is 10.6. The number of methoxy groups -OCH3 is 1. The summed E-state index contributed by atoms with van der Waals surface area (Å²) in [6.45, 7) is 2.81.